The Morgan fingerprint density at radius 1 is 1.23 bits per heavy atom. The highest BCUT2D eigenvalue weighted by atomic mass is 35.5. The molecule has 1 aliphatic heterocycles. The number of anilines is 1. The van der Waals surface area contributed by atoms with Gasteiger partial charge < -0.3 is 15.3 Å². The minimum atomic E-state index is -1.12. The minimum absolute atomic E-state index is 0.0112. The van der Waals surface area contributed by atoms with E-state index < -0.39 is 17.9 Å². The molecule has 1 amide bonds. The summed E-state index contributed by atoms with van der Waals surface area (Å²) >= 11 is 6.07. The number of aromatic nitrogens is 2. The number of hydrogen-bond donors (Lipinski definition) is 2. The van der Waals surface area contributed by atoms with Crippen LogP contribution in [0.25, 0.3) is 0 Å². The van der Waals surface area contributed by atoms with E-state index in [0.29, 0.717) is 5.95 Å². The van der Waals surface area contributed by atoms with Crippen molar-refractivity contribution in [1.29, 1.82) is 0 Å². The first-order valence-corrected chi connectivity index (χ1v) is 8.77. The highest BCUT2D eigenvalue weighted by molar-refractivity contribution is 6.33. The van der Waals surface area contributed by atoms with E-state index in [1.807, 2.05) is 35.2 Å². The van der Waals surface area contributed by atoms with Crippen LogP contribution in [0.4, 0.5) is 5.95 Å². The summed E-state index contributed by atoms with van der Waals surface area (Å²) in [5.74, 6) is -1.31. The Bertz CT molecular complexity index is 794. The lowest BCUT2D eigenvalue weighted by Crippen LogP contribution is -2.42. The number of rotatable bonds is 6. The Kier molecular flexibility index (Phi) is 5.68. The first-order chi connectivity index (χ1) is 12.5. The molecule has 0 bridgehead atoms. The molecule has 1 saturated heterocycles. The molecule has 0 aliphatic carbocycles. The third-order valence-electron chi connectivity index (χ3n) is 4.22. The van der Waals surface area contributed by atoms with Crippen LogP contribution >= 0.6 is 11.6 Å². The Labute approximate surface area is 156 Å². The average Bonchev–Trinajstić information content (AvgIpc) is 3.17. The smallest absolute Gasteiger partial charge is 0.326 e. The summed E-state index contributed by atoms with van der Waals surface area (Å²) < 4.78 is 0. The van der Waals surface area contributed by atoms with Crippen LogP contribution in [-0.2, 0) is 11.2 Å². The van der Waals surface area contributed by atoms with Crippen molar-refractivity contribution in [2.75, 3.05) is 18.0 Å². The van der Waals surface area contributed by atoms with Crippen molar-refractivity contribution in [3.63, 3.8) is 0 Å². The van der Waals surface area contributed by atoms with Gasteiger partial charge in [0.1, 0.15) is 6.04 Å². The molecule has 7 nitrogen and oxygen atoms in total. The van der Waals surface area contributed by atoms with Crippen molar-refractivity contribution >= 4 is 29.4 Å². The fraction of sp³-hybridized carbons (Fsp3) is 0.333. The zero-order chi connectivity index (χ0) is 18.5. The van der Waals surface area contributed by atoms with Crippen LogP contribution < -0.4 is 10.2 Å². The molecular formula is C18H19ClN4O3. The summed E-state index contributed by atoms with van der Waals surface area (Å²) in [5, 5.41) is 12.0. The van der Waals surface area contributed by atoms with Crippen LogP contribution in [0.2, 0.25) is 5.02 Å². The van der Waals surface area contributed by atoms with Crippen LogP contribution in [-0.4, -0.2) is 46.1 Å². The normalized spacial score (nSPS) is 14.9. The van der Waals surface area contributed by atoms with Crippen molar-refractivity contribution in [3.05, 3.63) is 52.8 Å². The fourth-order valence-electron chi connectivity index (χ4n) is 2.86. The molecule has 0 spiro atoms. The highest BCUT2D eigenvalue weighted by Crippen LogP contribution is 2.20. The number of carbonyl (C=O) groups excluding carboxylic acids is 1. The predicted octanol–water partition coefficient (Wildman–Crippen LogP) is 2.16. The first kappa shape index (κ1) is 18.1. The quantitative estimate of drug-likeness (QED) is 0.804. The van der Waals surface area contributed by atoms with Gasteiger partial charge in [-0.05, 0) is 18.4 Å². The van der Waals surface area contributed by atoms with Gasteiger partial charge in [0.25, 0.3) is 5.91 Å². The van der Waals surface area contributed by atoms with E-state index in [1.165, 1.54) is 6.20 Å². The number of carboxylic acids is 1. The second kappa shape index (κ2) is 8.14. The summed E-state index contributed by atoms with van der Waals surface area (Å²) in [5.41, 5.74) is 0.801. The SMILES string of the molecule is O=C(NC(Cc1ccccc1)C(=O)O)c1nc(N2CCCC2)ncc1Cl. The zero-order valence-electron chi connectivity index (χ0n) is 14.1. The number of hydrogen-bond acceptors (Lipinski definition) is 5. The predicted molar refractivity (Wildman–Crippen MR) is 97.5 cm³/mol. The van der Waals surface area contributed by atoms with Crippen molar-refractivity contribution < 1.29 is 14.7 Å². The Morgan fingerprint density at radius 2 is 1.92 bits per heavy atom. The van der Waals surface area contributed by atoms with E-state index in [4.69, 9.17) is 11.6 Å². The van der Waals surface area contributed by atoms with Crippen LogP contribution in [0.1, 0.15) is 28.9 Å². The van der Waals surface area contributed by atoms with E-state index in [0.717, 1.165) is 31.5 Å². The number of halogens is 1. The van der Waals surface area contributed by atoms with E-state index in [2.05, 4.69) is 15.3 Å². The standard InChI is InChI=1S/C18H19ClN4O3/c19-13-11-20-18(23-8-4-5-9-23)22-15(13)16(24)21-14(17(25)26)10-12-6-2-1-3-7-12/h1-3,6-7,11,14H,4-5,8-10H2,(H,21,24)(H,25,26). The monoisotopic (exact) mass is 374 g/mol. The van der Waals surface area contributed by atoms with Crippen molar-refractivity contribution in [1.82, 2.24) is 15.3 Å². The molecule has 1 aromatic carbocycles. The van der Waals surface area contributed by atoms with Crippen LogP contribution in [0.15, 0.2) is 36.5 Å². The van der Waals surface area contributed by atoms with Gasteiger partial charge in [-0.1, -0.05) is 41.9 Å². The lowest BCUT2D eigenvalue weighted by molar-refractivity contribution is -0.139. The molecule has 2 N–H and O–H groups in total. The molecule has 2 heterocycles. The minimum Gasteiger partial charge on any atom is -0.480 e. The molecule has 1 atom stereocenters. The number of carbonyl (C=O) groups is 2. The van der Waals surface area contributed by atoms with Crippen molar-refractivity contribution in [2.45, 2.75) is 25.3 Å². The van der Waals surface area contributed by atoms with Gasteiger partial charge in [-0.25, -0.2) is 14.8 Å². The summed E-state index contributed by atoms with van der Waals surface area (Å²) in [4.78, 5) is 34.5. The summed E-state index contributed by atoms with van der Waals surface area (Å²) in [7, 11) is 0. The van der Waals surface area contributed by atoms with Crippen molar-refractivity contribution in [3.8, 4) is 0 Å². The number of aliphatic carboxylic acids is 1. The van der Waals surface area contributed by atoms with Gasteiger partial charge >= 0.3 is 5.97 Å². The largest absolute Gasteiger partial charge is 0.480 e. The van der Waals surface area contributed by atoms with Crippen LogP contribution in [0.3, 0.4) is 0 Å². The van der Waals surface area contributed by atoms with Crippen LogP contribution in [0, 0.1) is 0 Å². The molecule has 1 unspecified atom stereocenters. The first-order valence-electron chi connectivity index (χ1n) is 8.39. The van der Waals surface area contributed by atoms with Crippen molar-refractivity contribution in [2.24, 2.45) is 0 Å². The summed E-state index contributed by atoms with van der Waals surface area (Å²) in [6.07, 6.45) is 3.64. The van der Waals surface area contributed by atoms with E-state index in [-0.39, 0.29) is 17.1 Å². The van der Waals surface area contributed by atoms with E-state index in [1.54, 1.807) is 0 Å². The lowest BCUT2D eigenvalue weighted by atomic mass is 10.1. The van der Waals surface area contributed by atoms with Gasteiger partial charge in [0.05, 0.1) is 11.2 Å². The number of nitrogens with one attached hydrogen (secondary N) is 1. The van der Waals surface area contributed by atoms with Gasteiger partial charge in [0, 0.05) is 19.5 Å². The molecule has 0 radical (unpaired) electrons. The molecule has 1 aliphatic rings. The molecule has 3 rings (SSSR count). The Morgan fingerprint density at radius 3 is 2.58 bits per heavy atom. The van der Waals surface area contributed by atoms with Gasteiger partial charge in [0.2, 0.25) is 5.95 Å². The molecule has 1 fully saturated rings. The Balaban J connectivity index is 1.76. The Hall–Kier alpha value is -2.67. The van der Waals surface area contributed by atoms with Crippen LogP contribution in [0.5, 0.6) is 0 Å². The van der Waals surface area contributed by atoms with Gasteiger partial charge in [-0.15, -0.1) is 0 Å². The molecule has 136 valence electrons. The zero-order valence-corrected chi connectivity index (χ0v) is 14.8. The lowest BCUT2D eigenvalue weighted by Gasteiger charge is -2.17. The number of nitrogens with zero attached hydrogens (tertiary/aromatic N) is 3. The van der Waals surface area contributed by atoms with E-state index in [9.17, 15) is 14.7 Å². The third-order valence-corrected chi connectivity index (χ3v) is 4.50. The maximum absolute atomic E-state index is 12.6. The highest BCUT2D eigenvalue weighted by Gasteiger charge is 2.25. The second-order valence-corrected chi connectivity index (χ2v) is 6.52. The van der Waals surface area contributed by atoms with Gasteiger partial charge in [0.15, 0.2) is 5.69 Å². The average molecular weight is 375 g/mol. The summed E-state index contributed by atoms with van der Waals surface area (Å²) in [6, 6.07) is 8.03. The van der Waals surface area contributed by atoms with Gasteiger partial charge in [-0.3, -0.25) is 4.79 Å². The number of carboxylic acid groups (broad SMARTS) is 1. The molecule has 2 aromatic rings. The fourth-order valence-corrected chi connectivity index (χ4v) is 3.04. The number of amides is 1. The third kappa shape index (κ3) is 4.29. The maximum Gasteiger partial charge on any atom is 0.326 e. The molecular weight excluding hydrogens is 356 g/mol. The molecule has 0 saturated carbocycles. The molecule has 26 heavy (non-hydrogen) atoms. The van der Waals surface area contributed by atoms with Gasteiger partial charge in [-0.2, -0.15) is 0 Å². The maximum atomic E-state index is 12.6. The van der Waals surface area contributed by atoms with E-state index >= 15 is 0 Å². The molecule has 8 heteroatoms. The summed E-state index contributed by atoms with van der Waals surface area (Å²) in [6.45, 7) is 1.66. The number of benzene rings is 1. The second-order valence-electron chi connectivity index (χ2n) is 6.11. The topological polar surface area (TPSA) is 95.4 Å². The molecule has 1 aromatic heterocycles.